The number of anilines is 1. The van der Waals surface area contributed by atoms with Gasteiger partial charge in [-0.3, -0.25) is 9.36 Å². The van der Waals surface area contributed by atoms with Crippen LogP contribution in [-0.2, 0) is 11.3 Å². The number of halogens is 1. The predicted octanol–water partition coefficient (Wildman–Crippen LogP) is 4.53. The Morgan fingerprint density at radius 3 is 2.63 bits per heavy atom. The molecule has 1 N–H and O–H groups in total. The molecule has 0 aliphatic heterocycles. The molecule has 1 heterocycles. The lowest BCUT2D eigenvalue weighted by atomic mass is 10.2. The van der Waals surface area contributed by atoms with Gasteiger partial charge in [0.2, 0.25) is 5.91 Å². The molecule has 3 aromatic rings. The summed E-state index contributed by atoms with van der Waals surface area (Å²) in [5.41, 5.74) is 1.41. The summed E-state index contributed by atoms with van der Waals surface area (Å²) >= 11 is 7.45. The van der Waals surface area contributed by atoms with E-state index in [0.29, 0.717) is 39.5 Å². The zero-order valence-corrected chi connectivity index (χ0v) is 18.2. The Balaban J connectivity index is 1.76. The minimum absolute atomic E-state index is 0.153. The topological polar surface area (TPSA) is 78.3 Å². The minimum Gasteiger partial charge on any atom is -0.497 e. The molecule has 0 spiro atoms. The summed E-state index contributed by atoms with van der Waals surface area (Å²) in [7, 11) is 3.18. The molecule has 0 atom stereocenters. The third-order valence-electron chi connectivity index (χ3n) is 4.14. The van der Waals surface area contributed by atoms with Crippen molar-refractivity contribution in [1.29, 1.82) is 0 Å². The number of carbonyl (C=O) groups excluding carboxylic acids is 1. The number of ether oxygens (including phenoxy) is 2. The third kappa shape index (κ3) is 5.14. The molecule has 3 rings (SSSR count). The first kappa shape index (κ1) is 21.7. The van der Waals surface area contributed by atoms with E-state index >= 15 is 0 Å². The summed E-state index contributed by atoms with van der Waals surface area (Å²) in [6, 6.07) is 12.4. The molecule has 156 valence electrons. The zero-order valence-electron chi connectivity index (χ0n) is 16.6. The number of carbonyl (C=O) groups is 1. The number of nitrogens with zero attached hydrogens (tertiary/aromatic N) is 3. The molecular weight excluding hydrogens is 424 g/mol. The first-order valence-corrected chi connectivity index (χ1v) is 10.4. The smallest absolute Gasteiger partial charge is 0.234 e. The van der Waals surface area contributed by atoms with E-state index in [1.165, 1.54) is 11.8 Å². The van der Waals surface area contributed by atoms with Gasteiger partial charge in [0.1, 0.15) is 11.5 Å². The Morgan fingerprint density at radius 2 is 1.97 bits per heavy atom. The second kappa shape index (κ2) is 10.2. The highest BCUT2D eigenvalue weighted by Gasteiger charge is 2.18. The van der Waals surface area contributed by atoms with Gasteiger partial charge in [-0.2, -0.15) is 0 Å². The largest absolute Gasteiger partial charge is 0.497 e. The molecule has 0 fully saturated rings. The molecule has 2 aromatic carbocycles. The predicted molar refractivity (Wildman–Crippen MR) is 120 cm³/mol. The highest BCUT2D eigenvalue weighted by Crippen LogP contribution is 2.33. The summed E-state index contributed by atoms with van der Waals surface area (Å²) < 4.78 is 12.4. The van der Waals surface area contributed by atoms with Crippen LogP contribution in [0, 0.1) is 0 Å². The summed E-state index contributed by atoms with van der Waals surface area (Å²) in [6.45, 7) is 4.28. The van der Waals surface area contributed by atoms with E-state index in [1.54, 1.807) is 62.8 Å². The number of nitrogens with one attached hydrogen (secondary N) is 1. The summed E-state index contributed by atoms with van der Waals surface area (Å²) in [5, 5.41) is 12.6. The van der Waals surface area contributed by atoms with E-state index in [4.69, 9.17) is 21.1 Å². The molecule has 1 aromatic heterocycles. The van der Waals surface area contributed by atoms with Crippen molar-refractivity contribution >= 4 is 35.0 Å². The van der Waals surface area contributed by atoms with Crippen LogP contribution in [0.25, 0.3) is 11.4 Å². The standard InChI is InChI=1S/C21H21ClN4O3S/c1-4-11-26-20(17-12-14(22)5-10-18(17)29-3)24-25-21(26)30-13-19(27)23-15-6-8-16(28-2)9-7-15/h4-10,12H,1,11,13H2,2-3H3,(H,23,27). The first-order valence-electron chi connectivity index (χ1n) is 9.00. The fourth-order valence-corrected chi connectivity index (χ4v) is 3.66. The van der Waals surface area contributed by atoms with Gasteiger partial charge in [-0.05, 0) is 42.5 Å². The lowest BCUT2D eigenvalue weighted by molar-refractivity contribution is -0.113. The fraction of sp³-hybridized carbons (Fsp3) is 0.190. The highest BCUT2D eigenvalue weighted by molar-refractivity contribution is 7.99. The maximum Gasteiger partial charge on any atom is 0.234 e. The van der Waals surface area contributed by atoms with Crippen molar-refractivity contribution in [3.05, 3.63) is 60.1 Å². The zero-order chi connectivity index (χ0) is 21.5. The van der Waals surface area contributed by atoms with Gasteiger partial charge in [0.15, 0.2) is 11.0 Å². The van der Waals surface area contributed by atoms with Crippen LogP contribution in [0.15, 0.2) is 60.3 Å². The van der Waals surface area contributed by atoms with Gasteiger partial charge in [-0.1, -0.05) is 29.4 Å². The minimum atomic E-state index is -0.153. The Hall–Kier alpha value is -2.97. The number of hydrogen-bond acceptors (Lipinski definition) is 6. The van der Waals surface area contributed by atoms with Crippen LogP contribution in [0.3, 0.4) is 0 Å². The van der Waals surface area contributed by atoms with Crippen LogP contribution in [-0.4, -0.2) is 40.6 Å². The van der Waals surface area contributed by atoms with Gasteiger partial charge in [-0.15, -0.1) is 16.8 Å². The van der Waals surface area contributed by atoms with Crippen molar-refractivity contribution < 1.29 is 14.3 Å². The quantitative estimate of drug-likeness (QED) is 0.386. The number of aromatic nitrogens is 3. The van der Waals surface area contributed by atoms with E-state index in [-0.39, 0.29) is 11.7 Å². The average Bonchev–Trinajstić information content (AvgIpc) is 3.15. The monoisotopic (exact) mass is 444 g/mol. The van der Waals surface area contributed by atoms with E-state index in [1.807, 2.05) is 4.57 Å². The summed E-state index contributed by atoms with van der Waals surface area (Å²) in [4.78, 5) is 12.4. The number of amides is 1. The fourth-order valence-electron chi connectivity index (χ4n) is 2.74. The van der Waals surface area contributed by atoms with E-state index < -0.39 is 0 Å². The number of allylic oxidation sites excluding steroid dienone is 1. The van der Waals surface area contributed by atoms with Crippen LogP contribution in [0.5, 0.6) is 11.5 Å². The summed E-state index contributed by atoms with van der Waals surface area (Å²) in [6.07, 6.45) is 1.74. The number of hydrogen-bond donors (Lipinski definition) is 1. The van der Waals surface area contributed by atoms with Crippen LogP contribution in [0.1, 0.15) is 0 Å². The molecular formula is C21H21ClN4O3S. The second-order valence-corrected chi connectivity index (χ2v) is 7.49. The Morgan fingerprint density at radius 1 is 1.20 bits per heavy atom. The molecule has 9 heteroatoms. The van der Waals surface area contributed by atoms with Crippen molar-refractivity contribution in [1.82, 2.24) is 14.8 Å². The van der Waals surface area contributed by atoms with Crippen LogP contribution in [0.4, 0.5) is 5.69 Å². The van der Waals surface area contributed by atoms with Crippen molar-refractivity contribution in [2.45, 2.75) is 11.7 Å². The van der Waals surface area contributed by atoms with E-state index in [0.717, 1.165) is 5.75 Å². The van der Waals surface area contributed by atoms with E-state index in [2.05, 4.69) is 22.1 Å². The summed E-state index contributed by atoms with van der Waals surface area (Å²) in [5.74, 6) is 1.97. The van der Waals surface area contributed by atoms with Gasteiger partial charge in [0, 0.05) is 17.3 Å². The van der Waals surface area contributed by atoms with Gasteiger partial charge in [0.25, 0.3) is 0 Å². The maximum atomic E-state index is 12.4. The van der Waals surface area contributed by atoms with Crippen molar-refractivity contribution in [3.8, 4) is 22.9 Å². The van der Waals surface area contributed by atoms with E-state index in [9.17, 15) is 4.79 Å². The lowest BCUT2D eigenvalue weighted by Gasteiger charge is -2.11. The van der Waals surface area contributed by atoms with Gasteiger partial charge in [0.05, 0.1) is 25.5 Å². The first-order chi connectivity index (χ1) is 14.5. The van der Waals surface area contributed by atoms with Gasteiger partial charge < -0.3 is 14.8 Å². The normalized spacial score (nSPS) is 10.5. The molecule has 0 aliphatic carbocycles. The van der Waals surface area contributed by atoms with Crippen molar-refractivity contribution in [2.75, 3.05) is 25.3 Å². The lowest BCUT2D eigenvalue weighted by Crippen LogP contribution is -2.14. The van der Waals surface area contributed by atoms with Crippen LogP contribution >= 0.6 is 23.4 Å². The van der Waals surface area contributed by atoms with Crippen molar-refractivity contribution in [3.63, 3.8) is 0 Å². The number of benzene rings is 2. The molecule has 0 unspecified atom stereocenters. The average molecular weight is 445 g/mol. The molecule has 7 nitrogen and oxygen atoms in total. The maximum absolute atomic E-state index is 12.4. The molecule has 0 radical (unpaired) electrons. The molecule has 0 saturated carbocycles. The molecule has 0 bridgehead atoms. The molecule has 1 amide bonds. The second-order valence-electron chi connectivity index (χ2n) is 6.12. The SMILES string of the molecule is C=CCn1c(SCC(=O)Nc2ccc(OC)cc2)nnc1-c1cc(Cl)ccc1OC. The number of rotatable bonds is 9. The Labute approximate surface area is 184 Å². The van der Waals surface area contributed by atoms with Gasteiger partial charge >= 0.3 is 0 Å². The van der Waals surface area contributed by atoms with Crippen LogP contribution in [0.2, 0.25) is 5.02 Å². The highest BCUT2D eigenvalue weighted by atomic mass is 35.5. The molecule has 0 saturated heterocycles. The number of methoxy groups -OCH3 is 2. The third-order valence-corrected chi connectivity index (χ3v) is 5.34. The van der Waals surface area contributed by atoms with Crippen LogP contribution < -0.4 is 14.8 Å². The molecule has 0 aliphatic rings. The number of thioether (sulfide) groups is 1. The van der Waals surface area contributed by atoms with Crippen molar-refractivity contribution in [2.24, 2.45) is 0 Å². The van der Waals surface area contributed by atoms with Gasteiger partial charge in [-0.25, -0.2) is 0 Å². The Kier molecular flexibility index (Phi) is 7.37. The Bertz CT molecular complexity index is 1040. The molecule has 30 heavy (non-hydrogen) atoms.